The topological polar surface area (TPSA) is 69.8 Å². The van der Waals surface area contributed by atoms with Crippen LogP contribution in [0.5, 0.6) is 0 Å². The highest BCUT2D eigenvalue weighted by molar-refractivity contribution is 5.77. The largest absolute Gasteiger partial charge is 0.480 e. The van der Waals surface area contributed by atoms with Crippen LogP contribution in [-0.4, -0.2) is 65.7 Å². The van der Waals surface area contributed by atoms with Crippen molar-refractivity contribution in [2.75, 3.05) is 39.3 Å². The first kappa shape index (κ1) is 13.4. The Labute approximate surface area is 97.2 Å². The van der Waals surface area contributed by atoms with Crippen LogP contribution in [0, 0.1) is 0 Å². The van der Waals surface area contributed by atoms with Gasteiger partial charge in [0.15, 0.2) is 0 Å². The van der Waals surface area contributed by atoms with Crippen molar-refractivity contribution in [3.05, 3.63) is 0 Å². The van der Waals surface area contributed by atoms with Crippen molar-refractivity contribution in [3.63, 3.8) is 0 Å². The lowest BCUT2D eigenvalue weighted by molar-refractivity contribution is -0.143. The van der Waals surface area contributed by atoms with Crippen LogP contribution in [0.25, 0.3) is 0 Å². The molecule has 1 saturated heterocycles. The zero-order chi connectivity index (χ0) is 12.2. The highest BCUT2D eigenvalue weighted by Crippen LogP contribution is 2.09. The summed E-state index contributed by atoms with van der Waals surface area (Å²) in [6, 6.07) is 0. The molecule has 94 valence electrons. The smallest absolute Gasteiger partial charge is 0.323 e. The summed E-state index contributed by atoms with van der Waals surface area (Å²) >= 11 is 0. The van der Waals surface area contributed by atoms with Crippen LogP contribution < -0.4 is 5.73 Å². The molecule has 1 unspecified atom stereocenters. The van der Waals surface area contributed by atoms with Gasteiger partial charge in [-0.2, -0.15) is 0 Å². The second-order valence-electron chi connectivity index (χ2n) is 4.75. The molecule has 1 heterocycles. The van der Waals surface area contributed by atoms with Gasteiger partial charge in [0.25, 0.3) is 0 Å². The second-order valence-corrected chi connectivity index (χ2v) is 4.75. The number of rotatable bonds is 5. The van der Waals surface area contributed by atoms with Crippen molar-refractivity contribution >= 4 is 5.97 Å². The second kappa shape index (κ2) is 5.61. The Morgan fingerprint density at radius 1 is 1.31 bits per heavy atom. The van der Waals surface area contributed by atoms with Crippen LogP contribution in [0.2, 0.25) is 0 Å². The average Bonchev–Trinajstić information content (AvgIpc) is 2.27. The molecule has 1 aliphatic rings. The Bertz CT molecular complexity index is 235. The Kier molecular flexibility index (Phi) is 4.70. The molecule has 0 radical (unpaired) electrons. The number of aliphatic carboxylic acids is 1. The van der Waals surface area contributed by atoms with Crippen LogP contribution in [0.15, 0.2) is 0 Å². The molecule has 0 spiro atoms. The third-order valence-electron chi connectivity index (χ3n) is 3.35. The fourth-order valence-corrected chi connectivity index (χ4v) is 1.83. The van der Waals surface area contributed by atoms with Crippen molar-refractivity contribution in [2.24, 2.45) is 5.73 Å². The molecule has 5 heteroatoms. The first-order valence-electron chi connectivity index (χ1n) is 5.92. The molecule has 5 nitrogen and oxygen atoms in total. The summed E-state index contributed by atoms with van der Waals surface area (Å²) in [4.78, 5) is 15.5. The number of likely N-dealkylation sites (N-methyl/N-ethyl adjacent to an activating group) is 1. The van der Waals surface area contributed by atoms with Crippen LogP contribution >= 0.6 is 0 Å². The van der Waals surface area contributed by atoms with Gasteiger partial charge in [-0.3, -0.25) is 4.79 Å². The van der Waals surface area contributed by atoms with Crippen molar-refractivity contribution in [2.45, 2.75) is 25.8 Å². The van der Waals surface area contributed by atoms with Crippen LogP contribution in [0.4, 0.5) is 0 Å². The van der Waals surface area contributed by atoms with Crippen molar-refractivity contribution in [1.82, 2.24) is 9.80 Å². The lowest BCUT2D eigenvalue weighted by atomic mass is 9.99. The van der Waals surface area contributed by atoms with E-state index >= 15 is 0 Å². The Morgan fingerprint density at radius 2 is 1.81 bits per heavy atom. The van der Waals surface area contributed by atoms with Gasteiger partial charge in [0, 0.05) is 32.7 Å². The normalized spacial score (nSPS) is 22.9. The lowest BCUT2D eigenvalue weighted by Crippen LogP contribution is -2.51. The summed E-state index contributed by atoms with van der Waals surface area (Å²) in [5.74, 6) is -0.917. The minimum Gasteiger partial charge on any atom is -0.480 e. The van der Waals surface area contributed by atoms with Gasteiger partial charge in [0.1, 0.15) is 5.54 Å². The van der Waals surface area contributed by atoms with Crippen molar-refractivity contribution in [1.29, 1.82) is 0 Å². The molecule has 0 aliphatic carbocycles. The van der Waals surface area contributed by atoms with E-state index in [1.54, 1.807) is 6.92 Å². The zero-order valence-electron chi connectivity index (χ0n) is 10.3. The predicted octanol–water partition coefficient (Wildman–Crippen LogP) is -0.184. The van der Waals surface area contributed by atoms with E-state index < -0.39 is 11.5 Å². The summed E-state index contributed by atoms with van der Waals surface area (Å²) in [6.45, 7) is 9.80. The number of nitrogens with zero attached hydrogens (tertiary/aromatic N) is 2. The number of carbonyl (C=O) groups is 1. The fourth-order valence-electron chi connectivity index (χ4n) is 1.83. The molecule has 1 atom stereocenters. The van der Waals surface area contributed by atoms with Gasteiger partial charge in [0.05, 0.1) is 0 Å². The number of piperazine rings is 1. The summed E-state index contributed by atoms with van der Waals surface area (Å²) in [5.41, 5.74) is 4.60. The van der Waals surface area contributed by atoms with Gasteiger partial charge in [-0.05, 0) is 19.9 Å². The quantitative estimate of drug-likeness (QED) is 0.684. The molecular weight excluding hydrogens is 206 g/mol. The van der Waals surface area contributed by atoms with Crippen molar-refractivity contribution in [3.8, 4) is 0 Å². The number of hydrogen-bond donors (Lipinski definition) is 2. The van der Waals surface area contributed by atoms with Gasteiger partial charge >= 0.3 is 5.97 Å². The molecule has 0 aromatic rings. The molecule has 16 heavy (non-hydrogen) atoms. The Morgan fingerprint density at radius 3 is 2.25 bits per heavy atom. The zero-order valence-corrected chi connectivity index (χ0v) is 10.3. The number of carboxylic acids is 1. The van der Waals surface area contributed by atoms with E-state index in [1.807, 2.05) is 0 Å². The highest BCUT2D eigenvalue weighted by atomic mass is 16.4. The Balaban J connectivity index is 2.27. The van der Waals surface area contributed by atoms with Crippen LogP contribution in [0.1, 0.15) is 20.3 Å². The summed E-state index contributed by atoms with van der Waals surface area (Å²) in [7, 11) is 0. The van der Waals surface area contributed by atoms with E-state index in [-0.39, 0.29) is 0 Å². The highest BCUT2D eigenvalue weighted by Gasteiger charge is 2.28. The summed E-state index contributed by atoms with van der Waals surface area (Å²) in [6.07, 6.45) is 0.508. The first-order valence-corrected chi connectivity index (χ1v) is 5.92. The van der Waals surface area contributed by atoms with E-state index in [2.05, 4.69) is 16.7 Å². The fraction of sp³-hybridized carbons (Fsp3) is 0.909. The van der Waals surface area contributed by atoms with E-state index in [0.717, 1.165) is 39.3 Å². The standard InChI is InChI=1S/C11H23N3O2/c1-3-13-6-8-14(9-7-13)5-4-11(2,12)10(15)16/h3-9,12H2,1-2H3,(H,15,16). The number of hydrogen-bond acceptors (Lipinski definition) is 4. The lowest BCUT2D eigenvalue weighted by Gasteiger charge is -2.35. The molecular formula is C11H23N3O2. The SMILES string of the molecule is CCN1CCN(CCC(C)(N)C(=O)O)CC1. The van der Waals surface area contributed by atoms with Gasteiger partial charge < -0.3 is 20.6 Å². The monoisotopic (exact) mass is 229 g/mol. The molecule has 0 aromatic heterocycles. The molecule has 0 aromatic carbocycles. The average molecular weight is 229 g/mol. The third kappa shape index (κ3) is 3.73. The molecule has 0 saturated carbocycles. The van der Waals surface area contributed by atoms with Crippen LogP contribution in [-0.2, 0) is 4.79 Å². The van der Waals surface area contributed by atoms with Gasteiger partial charge in [-0.25, -0.2) is 0 Å². The molecule has 1 aliphatic heterocycles. The maximum atomic E-state index is 10.8. The molecule has 0 bridgehead atoms. The maximum Gasteiger partial charge on any atom is 0.323 e. The van der Waals surface area contributed by atoms with Crippen LogP contribution in [0.3, 0.4) is 0 Å². The molecule has 1 fully saturated rings. The minimum atomic E-state index is -1.10. The minimum absolute atomic E-state index is 0.508. The van der Waals surface area contributed by atoms with Gasteiger partial charge in [-0.15, -0.1) is 0 Å². The predicted molar refractivity (Wildman–Crippen MR) is 63.4 cm³/mol. The van der Waals surface area contributed by atoms with E-state index in [0.29, 0.717) is 6.42 Å². The maximum absolute atomic E-state index is 10.8. The first-order chi connectivity index (χ1) is 7.45. The molecule has 0 amide bonds. The van der Waals surface area contributed by atoms with E-state index in [4.69, 9.17) is 10.8 Å². The van der Waals surface area contributed by atoms with Gasteiger partial charge in [0.2, 0.25) is 0 Å². The molecule has 1 rings (SSSR count). The number of nitrogens with two attached hydrogens (primary N) is 1. The van der Waals surface area contributed by atoms with E-state index in [9.17, 15) is 4.79 Å². The summed E-state index contributed by atoms with van der Waals surface area (Å²) < 4.78 is 0. The Hall–Kier alpha value is -0.650. The van der Waals surface area contributed by atoms with Crippen molar-refractivity contribution < 1.29 is 9.90 Å². The number of carboxylic acid groups (broad SMARTS) is 1. The summed E-state index contributed by atoms with van der Waals surface area (Å²) in [5, 5.41) is 8.90. The van der Waals surface area contributed by atoms with Gasteiger partial charge in [-0.1, -0.05) is 6.92 Å². The third-order valence-corrected chi connectivity index (χ3v) is 3.35. The molecule has 3 N–H and O–H groups in total. The van der Waals surface area contributed by atoms with E-state index in [1.165, 1.54) is 0 Å².